The fourth-order valence-corrected chi connectivity index (χ4v) is 2.25. The fraction of sp³-hybridized carbons (Fsp3) is 0.500. The van der Waals surface area contributed by atoms with Gasteiger partial charge in [-0.15, -0.1) is 0 Å². The maximum absolute atomic E-state index is 5.94. The lowest BCUT2D eigenvalue weighted by atomic mass is 9.85. The molecule has 1 heteroatoms. The van der Waals surface area contributed by atoms with E-state index in [0.717, 1.165) is 19.3 Å². The van der Waals surface area contributed by atoms with Crippen molar-refractivity contribution in [2.45, 2.75) is 38.6 Å². The van der Waals surface area contributed by atoms with Crippen LogP contribution in [0.5, 0.6) is 0 Å². The van der Waals surface area contributed by atoms with E-state index in [9.17, 15) is 0 Å². The van der Waals surface area contributed by atoms with Gasteiger partial charge in [0.15, 0.2) is 0 Å². The van der Waals surface area contributed by atoms with Gasteiger partial charge < -0.3 is 5.73 Å². The van der Waals surface area contributed by atoms with Gasteiger partial charge in [0.25, 0.3) is 0 Å². The van der Waals surface area contributed by atoms with Crippen LogP contribution in [-0.2, 0) is 19.3 Å². The first-order valence-corrected chi connectivity index (χ1v) is 5.16. The second kappa shape index (κ2) is 3.51. The summed E-state index contributed by atoms with van der Waals surface area (Å²) in [6, 6.07) is 7.03. The summed E-state index contributed by atoms with van der Waals surface area (Å²) in [6.45, 7) is 2.23. The van der Waals surface area contributed by atoms with Gasteiger partial charge in [0, 0.05) is 6.04 Å². The molecular weight excluding hydrogens is 158 g/mol. The molecule has 1 aliphatic rings. The van der Waals surface area contributed by atoms with Crippen LogP contribution in [0.2, 0.25) is 0 Å². The maximum Gasteiger partial charge on any atom is 0.00825 e. The van der Waals surface area contributed by atoms with Gasteiger partial charge in [-0.2, -0.15) is 0 Å². The Labute approximate surface area is 80.0 Å². The summed E-state index contributed by atoms with van der Waals surface area (Å²) in [5.41, 5.74) is 10.5. The normalized spacial score (nSPS) is 21.2. The third-order valence-electron chi connectivity index (χ3n) is 3.00. The number of nitrogens with two attached hydrogens (primary N) is 1. The van der Waals surface area contributed by atoms with E-state index in [2.05, 4.69) is 25.1 Å². The minimum Gasteiger partial charge on any atom is -0.327 e. The van der Waals surface area contributed by atoms with Gasteiger partial charge in [0.05, 0.1) is 0 Å². The zero-order valence-corrected chi connectivity index (χ0v) is 8.22. The van der Waals surface area contributed by atoms with E-state index >= 15 is 0 Å². The Bertz CT molecular complexity index is 304. The van der Waals surface area contributed by atoms with Crippen LogP contribution in [0.25, 0.3) is 0 Å². The van der Waals surface area contributed by atoms with Crippen LogP contribution in [0.1, 0.15) is 30.0 Å². The lowest BCUT2D eigenvalue weighted by molar-refractivity contribution is 0.573. The largest absolute Gasteiger partial charge is 0.327 e. The molecule has 0 bridgehead atoms. The van der Waals surface area contributed by atoms with E-state index in [0.29, 0.717) is 6.04 Å². The highest BCUT2D eigenvalue weighted by Crippen LogP contribution is 2.24. The summed E-state index contributed by atoms with van der Waals surface area (Å²) in [6.07, 6.45) is 4.56. The third-order valence-corrected chi connectivity index (χ3v) is 3.00. The Kier molecular flexibility index (Phi) is 2.36. The molecule has 1 atom stereocenters. The highest BCUT2D eigenvalue weighted by Gasteiger charge is 2.16. The maximum atomic E-state index is 5.94. The van der Waals surface area contributed by atoms with Crippen molar-refractivity contribution in [2.24, 2.45) is 5.73 Å². The van der Waals surface area contributed by atoms with E-state index in [-0.39, 0.29) is 0 Å². The molecule has 1 aliphatic carbocycles. The minimum absolute atomic E-state index is 0.389. The molecular formula is C12H17N. The first-order chi connectivity index (χ1) is 6.31. The molecule has 1 aromatic carbocycles. The second-order valence-electron chi connectivity index (χ2n) is 3.91. The summed E-state index contributed by atoms with van der Waals surface area (Å²) in [7, 11) is 0. The van der Waals surface area contributed by atoms with Crippen molar-refractivity contribution in [1.29, 1.82) is 0 Å². The van der Waals surface area contributed by atoms with Crippen LogP contribution in [0.3, 0.4) is 0 Å². The molecule has 0 saturated carbocycles. The highest BCUT2D eigenvalue weighted by atomic mass is 14.6. The highest BCUT2D eigenvalue weighted by molar-refractivity contribution is 5.37. The number of rotatable bonds is 1. The van der Waals surface area contributed by atoms with Gasteiger partial charge in [-0.25, -0.2) is 0 Å². The smallest absolute Gasteiger partial charge is 0.00825 e. The van der Waals surface area contributed by atoms with Crippen LogP contribution < -0.4 is 5.73 Å². The van der Waals surface area contributed by atoms with Crippen LogP contribution in [0.4, 0.5) is 0 Å². The summed E-state index contributed by atoms with van der Waals surface area (Å²) >= 11 is 0. The van der Waals surface area contributed by atoms with Gasteiger partial charge in [0.2, 0.25) is 0 Å². The van der Waals surface area contributed by atoms with Gasteiger partial charge in [-0.05, 0) is 42.4 Å². The molecule has 1 unspecified atom stereocenters. The molecule has 0 saturated heterocycles. The Balaban J connectivity index is 2.39. The Morgan fingerprint density at radius 3 is 3.08 bits per heavy atom. The molecule has 0 fully saturated rings. The van der Waals surface area contributed by atoms with Crippen LogP contribution in [0, 0.1) is 0 Å². The molecule has 13 heavy (non-hydrogen) atoms. The lowest BCUT2D eigenvalue weighted by Crippen LogP contribution is -2.28. The lowest BCUT2D eigenvalue weighted by Gasteiger charge is -2.23. The second-order valence-corrected chi connectivity index (χ2v) is 3.91. The summed E-state index contributed by atoms with van der Waals surface area (Å²) in [5, 5.41) is 0. The van der Waals surface area contributed by atoms with Crippen molar-refractivity contribution < 1.29 is 0 Å². The van der Waals surface area contributed by atoms with E-state index < -0.39 is 0 Å². The van der Waals surface area contributed by atoms with Gasteiger partial charge in [0.1, 0.15) is 0 Å². The van der Waals surface area contributed by atoms with Crippen LogP contribution >= 0.6 is 0 Å². The molecule has 0 amide bonds. The zero-order chi connectivity index (χ0) is 9.26. The Hall–Kier alpha value is -0.820. The topological polar surface area (TPSA) is 26.0 Å². The van der Waals surface area contributed by atoms with E-state index in [1.54, 1.807) is 5.56 Å². The molecule has 2 N–H and O–H groups in total. The minimum atomic E-state index is 0.389. The predicted molar refractivity (Wildman–Crippen MR) is 55.8 cm³/mol. The van der Waals surface area contributed by atoms with E-state index in [1.165, 1.54) is 17.5 Å². The Morgan fingerprint density at radius 1 is 1.46 bits per heavy atom. The number of fused-ring (bicyclic) bond motifs is 1. The van der Waals surface area contributed by atoms with Crippen molar-refractivity contribution in [1.82, 2.24) is 0 Å². The summed E-state index contributed by atoms with van der Waals surface area (Å²) in [4.78, 5) is 0. The molecule has 1 nitrogen and oxygen atoms in total. The van der Waals surface area contributed by atoms with Gasteiger partial charge >= 0.3 is 0 Å². The average Bonchev–Trinajstić information content (AvgIpc) is 2.16. The Morgan fingerprint density at radius 2 is 2.31 bits per heavy atom. The van der Waals surface area contributed by atoms with Crippen LogP contribution in [-0.4, -0.2) is 6.04 Å². The zero-order valence-electron chi connectivity index (χ0n) is 8.22. The fourth-order valence-electron chi connectivity index (χ4n) is 2.25. The number of hydrogen-bond acceptors (Lipinski definition) is 1. The van der Waals surface area contributed by atoms with Crippen molar-refractivity contribution in [3.8, 4) is 0 Å². The number of benzene rings is 1. The van der Waals surface area contributed by atoms with Crippen molar-refractivity contribution in [2.75, 3.05) is 0 Å². The van der Waals surface area contributed by atoms with Crippen molar-refractivity contribution in [3.63, 3.8) is 0 Å². The number of aryl methyl sites for hydroxylation is 1. The SMILES string of the molecule is CCc1cccc2c1CCC(N)C2. The molecule has 1 aromatic rings. The van der Waals surface area contributed by atoms with Crippen molar-refractivity contribution >= 4 is 0 Å². The summed E-state index contributed by atoms with van der Waals surface area (Å²) < 4.78 is 0. The van der Waals surface area contributed by atoms with E-state index in [4.69, 9.17) is 5.73 Å². The average molecular weight is 175 g/mol. The third kappa shape index (κ3) is 1.61. The molecule has 0 heterocycles. The first kappa shape index (κ1) is 8.76. The molecule has 0 radical (unpaired) electrons. The molecule has 0 aromatic heterocycles. The molecule has 0 spiro atoms. The first-order valence-electron chi connectivity index (χ1n) is 5.16. The van der Waals surface area contributed by atoms with Crippen LogP contribution in [0.15, 0.2) is 18.2 Å². The monoisotopic (exact) mass is 175 g/mol. The molecule has 0 aliphatic heterocycles. The number of hydrogen-bond donors (Lipinski definition) is 1. The predicted octanol–water partition coefficient (Wildman–Crippen LogP) is 2.06. The standard InChI is InChI=1S/C12H17N/c1-2-9-4-3-5-10-8-11(13)6-7-12(9)10/h3-5,11H,2,6-8,13H2,1H3. The molecule has 2 rings (SSSR count). The molecule has 70 valence electrons. The van der Waals surface area contributed by atoms with Gasteiger partial charge in [-0.1, -0.05) is 25.1 Å². The summed E-state index contributed by atoms with van der Waals surface area (Å²) in [5.74, 6) is 0. The van der Waals surface area contributed by atoms with Crippen molar-refractivity contribution in [3.05, 3.63) is 34.9 Å². The quantitative estimate of drug-likeness (QED) is 0.694. The van der Waals surface area contributed by atoms with E-state index in [1.807, 2.05) is 0 Å². The van der Waals surface area contributed by atoms with Gasteiger partial charge in [-0.3, -0.25) is 0 Å².